The second kappa shape index (κ2) is 3.86. The summed E-state index contributed by atoms with van der Waals surface area (Å²) >= 11 is 0. The Kier molecular flexibility index (Phi) is 2.06. The number of rotatable bonds is 1. The van der Waals surface area contributed by atoms with Gasteiger partial charge in [-0.2, -0.15) is 10.4 Å². The molecule has 3 aromatic rings. The van der Waals surface area contributed by atoms with E-state index in [1.54, 1.807) is 6.07 Å². The Morgan fingerprint density at radius 2 is 2.14 bits per heavy atom. The molecule has 106 valence electrons. The van der Waals surface area contributed by atoms with Crippen molar-refractivity contribution >= 4 is 16.7 Å². The van der Waals surface area contributed by atoms with Gasteiger partial charge in [0.05, 0.1) is 17.1 Å². The first-order chi connectivity index (χ1) is 10.8. The van der Waals surface area contributed by atoms with Gasteiger partial charge in [-0.05, 0) is 37.1 Å². The number of nitrogens with zero attached hydrogens (tertiary/aromatic N) is 3. The van der Waals surface area contributed by atoms with Gasteiger partial charge in [0.1, 0.15) is 11.5 Å². The molecule has 0 amide bonds. The van der Waals surface area contributed by atoms with Gasteiger partial charge < -0.3 is 5.32 Å². The fraction of sp³-hybridized carbons (Fsp3) is 0.235. The van der Waals surface area contributed by atoms with Crippen molar-refractivity contribution in [1.82, 2.24) is 15.2 Å². The average molecular weight is 287 g/mol. The summed E-state index contributed by atoms with van der Waals surface area (Å²) in [6.45, 7) is 0.999. The molecule has 1 fully saturated rings. The standard InChI is InChI=1S/C17H13N5/c18-7-10-1-2-14-12(5-10)15(22-21-14)11-6-13-16(19-8-11)20-9-17(13)3-4-17/h1-2,5-6,8H,3-4,9H2,(H,19,20)(H,21,22). The molecule has 0 bridgehead atoms. The molecule has 2 aliphatic rings. The van der Waals surface area contributed by atoms with Crippen molar-refractivity contribution in [2.24, 2.45) is 0 Å². The van der Waals surface area contributed by atoms with Crippen LogP contribution in [0.4, 0.5) is 5.82 Å². The molecule has 1 saturated carbocycles. The second-order valence-electron chi connectivity index (χ2n) is 6.20. The van der Waals surface area contributed by atoms with Gasteiger partial charge in [-0.3, -0.25) is 5.10 Å². The molecule has 2 N–H and O–H groups in total. The minimum atomic E-state index is 0.308. The van der Waals surface area contributed by atoms with Crippen molar-refractivity contribution in [2.75, 3.05) is 11.9 Å². The quantitative estimate of drug-likeness (QED) is 0.721. The van der Waals surface area contributed by atoms with Gasteiger partial charge in [-0.15, -0.1) is 0 Å². The van der Waals surface area contributed by atoms with Crippen LogP contribution in [0.5, 0.6) is 0 Å². The third-order valence-corrected chi connectivity index (χ3v) is 4.87. The smallest absolute Gasteiger partial charge is 0.129 e. The number of H-pyrrole nitrogens is 1. The van der Waals surface area contributed by atoms with E-state index in [-0.39, 0.29) is 0 Å². The highest BCUT2D eigenvalue weighted by Crippen LogP contribution is 2.54. The lowest BCUT2D eigenvalue weighted by atomic mass is 9.97. The Morgan fingerprint density at radius 1 is 1.23 bits per heavy atom. The highest BCUT2D eigenvalue weighted by atomic mass is 15.1. The minimum Gasteiger partial charge on any atom is -0.369 e. The van der Waals surface area contributed by atoms with Crippen LogP contribution in [0.25, 0.3) is 22.2 Å². The van der Waals surface area contributed by atoms with E-state index in [1.807, 2.05) is 18.3 Å². The molecule has 0 unspecified atom stereocenters. The van der Waals surface area contributed by atoms with E-state index in [9.17, 15) is 0 Å². The Bertz CT molecular complexity index is 959. The summed E-state index contributed by atoms with van der Waals surface area (Å²) in [7, 11) is 0. The molecule has 1 aliphatic carbocycles. The van der Waals surface area contributed by atoms with Crippen LogP contribution in [0.2, 0.25) is 0 Å². The van der Waals surface area contributed by atoms with Gasteiger partial charge in [0.25, 0.3) is 0 Å². The van der Waals surface area contributed by atoms with Crippen molar-refractivity contribution < 1.29 is 0 Å². The van der Waals surface area contributed by atoms with E-state index in [2.05, 4.69) is 32.6 Å². The maximum atomic E-state index is 9.10. The van der Waals surface area contributed by atoms with Crippen molar-refractivity contribution in [3.8, 4) is 17.3 Å². The summed E-state index contributed by atoms with van der Waals surface area (Å²) in [5, 5.41) is 20.9. The lowest BCUT2D eigenvalue weighted by Gasteiger charge is -2.07. The molecule has 3 heterocycles. The number of hydrogen-bond acceptors (Lipinski definition) is 4. The number of fused-ring (bicyclic) bond motifs is 3. The molecule has 2 aromatic heterocycles. The number of aromatic amines is 1. The molecular weight excluding hydrogens is 274 g/mol. The average Bonchev–Trinajstić information content (AvgIpc) is 3.09. The zero-order valence-electron chi connectivity index (χ0n) is 11.8. The van der Waals surface area contributed by atoms with E-state index in [4.69, 9.17) is 5.26 Å². The van der Waals surface area contributed by atoms with Crippen LogP contribution in [-0.2, 0) is 5.41 Å². The normalized spacial score (nSPS) is 17.2. The maximum absolute atomic E-state index is 9.10. The number of hydrogen-bond donors (Lipinski definition) is 2. The largest absolute Gasteiger partial charge is 0.369 e. The molecule has 1 aromatic carbocycles. The van der Waals surface area contributed by atoms with Crippen molar-refractivity contribution in [3.05, 3.63) is 41.6 Å². The molecule has 22 heavy (non-hydrogen) atoms. The SMILES string of the molecule is N#Cc1ccc2[nH]nc(-c3cnc4c(c3)C3(CC3)CN4)c2c1. The number of benzene rings is 1. The lowest BCUT2D eigenvalue weighted by molar-refractivity contribution is 0.778. The second-order valence-corrected chi connectivity index (χ2v) is 6.20. The van der Waals surface area contributed by atoms with Crippen LogP contribution >= 0.6 is 0 Å². The van der Waals surface area contributed by atoms with E-state index >= 15 is 0 Å². The highest BCUT2D eigenvalue weighted by molar-refractivity contribution is 5.94. The van der Waals surface area contributed by atoms with E-state index in [1.165, 1.54) is 18.4 Å². The predicted octanol–water partition coefficient (Wildman–Crippen LogP) is 2.95. The maximum Gasteiger partial charge on any atom is 0.129 e. The first kappa shape index (κ1) is 11.8. The molecule has 5 heteroatoms. The van der Waals surface area contributed by atoms with E-state index in [0.29, 0.717) is 11.0 Å². The molecule has 5 rings (SSSR count). The number of pyridine rings is 1. The van der Waals surface area contributed by atoms with Crippen LogP contribution in [0.15, 0.2) is 30.5 Å². The number of nitriles is 1. The van der Waals surface area contributed by atoms with E-state index < -0.39 is 0 Å². The third kappa shape index (κ3) is 1.47. The van der Waals surface area contributed by atoms with Crippen LogP contribution in [0, 0.1) is 11.3 Å². The predicted molar refractivity (Wildman–Crippen MR) is 83.4 cm³/mol. The summed E-state index contributed by atoms with van der Waals surface area (Å²) < 4.78 is 0. The Labute approximate surface area is 127 Å². The topological polar surface area (TPSA) is 77.4 Å². The molecule has 5 nitrogen and oxygen atoms in total. The summed E-state index contributed by atoms with van der Waals surface area (Å²) in [6.07, 6.45) is 4.33. The fourth-order valence-electron chi connectivity index (χ4n) is 3.39. The van der Waals surface area contributed by atoms with Gasteiger partial charge in [0.2, 0.25) is 0 Å². The van der Waals surface area contributed by atoms with Crippen LogP contribution in [0.3, 0.4) is 0 Å². The summed E-state index contributed by atoms with van der Waals surface area (Å²) in [5.74, 6) is 1.01. The van der Waals surface area contributed by atoms with Crippen LogP contribution in [-0.4, -0.2) is 21.7 Å². The number of anilines is 1. The Hall–Kier alpha value is -2.87. The summed E-state index contributed by atoms with van der Waals surface area (Å²) in [6, 6.07) is 9.98. The fourth-order valence-corrected chi connectivity index (χ4v) is 3.39. The molecule has 0 radical (unpaired) electrons. The van der Waals surface area contributed by atoms with Gasteiger partial charge in [0, 0.05) is 34.7 Å². The first-order valence-corrected chi connectivity index (χ1v) is 7.42. The minimum absolute atomic E-state index is 0.308. The van der Waals surface area contributed by atoms with E-state index in [0.717, 1.165) is 34.5 Å². The molecule has 0 atom stereocenters. The van der Waals surface area contributed by atoms with Crippen molar-refractivity contribution in [3.63, 3.8) is 0 Å². The monoisotopic (exact) mass is 287 g/mol. The Balaban J connectivity index is 1.71. The Morgan fingerprint density at radius 3 is 2.95 bits per heavy atom. The third-order valence-electron chi connectivity index (χ3n) is 4.87. The first-order valence-electron chi connectivity index (χ1n) is 7.42. The summed E-state index contributed by atoms with van der Waals surface area (Å²) in [4.78, 5) is 4.57. The zero-order chi connectivity index (χ0) is 14.7. The van der Waals surface area contributed by atoms with Gasteiger partial charge >= 0.3 is 0 Å². The zero-order valence-corrected chi connectivity index (χ0v) is 11.8. The van der Waals surface area contributed by atoms with Crippen LogP contribution in [0.1, 0.15) is 24.0 Å². The van der Waals surface area contributed by atoms with Gasteiger partial charge in [0.15, 0.2) is 0 Å². The molecule has 1 aliphatic heterocycles. The van der Waals surface area contributed by atoms with Crippen molar-refractivity contribution in [1.29, 1.82) is 5.26 Å². The molecular formula is C17H13N5. The van der Waals surface area contributed by atoms with Gasteiger partial charge in [-0.1, -0.05) is 0 Å². The number of aromatic nitrogens is 3. The van der Waals surface area contributed by atoms with Crippen molar-refractivity contribution in [2.45, 2.75) is 18.3 Å². The lowest BCUT2D eigenvalue weighted by Crippen LogP contribution is -2.08. The van der Waals surface area contributed by atoms with Crippen LogP contribution < -0.4 is 5.32 Å². The summed E-state index contributed by atoms with van der Waals surface area (Å²) in [5.41, 5.74) is 5.08. The number of nitrogens with one attached hydrogen (secondary N) is 2. The molecule has 1 spiro atoms. The van der Waals surface area contributed by atoms with Gasteiger partial charge in [-0.25, -0.2) is 4.98 Å². The molecule has 0 saturated heterocycles. The highest BCUT2D eigenvalue weighted by Gasteiger charge is 2.49.